The number of hydrogen-bond acceptors (Lipinski definition) is 10. The molecule has 3 saturated carbocycles. The number of fused-ring (bicyclic) bond motifs is 1. The summed E-state index contributed by atoms with van der Waals surface area (Å²) in [5.41, 5.74) is -0.162. The van der Waals surface area contributed by atoms with Crippen LogP contribution >= 0.6 is 0 Å². The summed E-state index contributed by atoms with van der Waals surface area (Å²) < 4.78 is 33.1. The molecule has 4 amide bonds. The molecule has 0 bridgehead atoms. The molecule has 14 nitrogen and oxygen atoms in total. The number of carbonyl (C=O) groups excluding carboxylic acids is 4. The van der Waals surface area contributed by atoms with Crippen molar-refractivity contribution in [3.8, 4) is 5.88 Å². The van der Waals surface area contributed by atoms with Crippen molar-refractivity contribution in [2.75, 3.05) is 6.54 Å². The average Bonchev–Trinajstić information content (AvgIpc) is 4.00. The van der Waals surface area contributed by atoms with Gasteiger partial charge in [-0.2, -0.15) is 0 Å². The number of rotatable bonds is 15. The zero-order valence-electron chi connectivity index (χ0n) is 31.5. The Kier molecular flexibility index (Phi) is 11.6. The summed E-state index contributed by atoms with van der Waals surface area (Å²) in [6, 6.07) is 5.57. The molecule has 1 saturated heterocycles. The van der Waals surface area contributed by atoms with E-state index in [0.717, 1.165) is 50.5 Å². The van der Waals surface area contributed by atoms with Gasteiger partial charge in [0, 0.05) is 12.5 Å². The molecule has 0 radical (unpaired) electrons. The molecule has 294 valence electrons. The Morgan fingerprint density at radius 1 is 1.04 bits per heavy atom. The Hall–Kier alpha value is -4.27. The van der Waals surface area contributed by atoms with Crippen molar-refractivity contribution >= 4 is 44.9 Å². The van der Waals surface area contributed by atoms with Crippen LogP contribution in [-0.4, -0.2) is 87.7 Å². The van der Waals surface area contributed by atoms with Gasteiger partial charge in [0.1, 0.15) is 29.4 Å². The van der Waals surface area contributed by atoms with Crippen molar-refractivity contribution in [1.82, 2.24) is 30.2 Å². The predicted octanol–water partition coefficient (Wildman–Crippen LogP) is 4.41. The number of aromatic hydroxyl groups is 1. The van der Waals surface area contributed by atoms with Gasteiger partial charge in [-0.3, -0.25) is 19.1 Å². The standard InChI is InChI=1S/C39H54N6O8S/c1-5-25-23-39(25,36(49)44-54(51,52)26-20-21-26)43-34(47)30-18-12-22-45(30)35(48)32(38(2,3)4)42-37(50)53-31-19-11-14-24(31)13-7-6-8-17-29-33(46)41-28-16-10-9-15-27(28)40-29/h5,9-10,15-16,24-26,30-32H,1,6-8,11-14,17-23H2,2-4H3,(H,41,46)(H,42,50)(H,43,47)(H,44,49)/t24-,25-,30+,31-,32?,39-/m1/s1. The zero-order chi connectivity index (χ0) is 38.8. The number of likely N-dealkylation sites (tertiary alicyclic amines) is 1. The van der Waals surface area contributed by atoms with Gasteiger partial charge in [-0.1, -0.05) is 51.8 Å². The highest BCUT2D eigenvalue weighted by atomic mass is 32.2. The maximum atomic E-state index is 14.1. The highest BCUT2D eigenvalue weighted by Crippen LogP contribution is 2.45. The summed E-state index contributed by atoms with van der Waals surface area (Å²) in [6.07, 6.45) is 9.49. The summed E-state index contributed by atoms with van der Waals surface area (Å²) in [5.74, 6) is -2.04. The van der Waals surface area contributed by atoms with Crippen LogP contribution in [0.1, 0.15) is 104 Å². The van der Waals surface area contributed by atoms with Crippen LogP contribution in [0.2, 0.25) is 0 Å². The van der Waals surface area contributed by atoms with Gasteiger partial charge >= 0.3 is 6.09 Å². The van der Waals surface area contributed by atoms with E-state index in [1.807, 2.05) is 45.0 Å². The van der Waals surface area contributed by atoms with Gasteiger partial charge in [-0.25, -0.2) is 23.2 Å². The average molecular weight is 767 g/mol. The largest absolute Gasteiger partial charge is 0.492 e. The lowest BCUT2D eigenvalue weighted by atomic mass is 9.85. The number of nitrogens with one attached hydrogen (secondary N) is 3. The van der Waals surface area contributed by atoms with Crippen LogP contribution in [0.4, 0.5) is 4.79 Å². The fourth-order valence-electron chi connectivity index (χ4n) is 7.98. The lowest BCUT2D eigenvalue weighted by molar-refractivity contribution is -0.142. The molecule has 4 fully saturated rings. The van der Waals surface area contributed by atoms with Gasteiger partial charge in [0.2, 0.25) is 27.7 Å². The second-order valence-corrected chi connectivity index (χ2v) is 18.5. The number of carbonyl (C=O) groups is 4. The second kappa shape index (κ2) is 15.8. The molecular weight excluding hydrogens is 713 g/mol. The molecule has 2 aromatic rings. The molecule has 1 aromatic heterocycles. The van der Waals surface area contributed by atoms with Crippen LogP contribution < -0.4 is 15.4 Å². The van der Waals surface area contributed by atoms with Crippen LogP contribution in [-0.2, 0) is 35.6 Å². The predicted molar refractivity (Wildman–Crippen MR) is 201 cm³/mol. The number of benzene rings is 1. The summed E-state index contributed by atoms with van der Waals surface area (Å²) in [7, 11) is -3.83. The Balaban J connectivity index is 1.01. The third-order valence-corrected chi connectivity index (χ3v) is 13.2. The van der Waals surface area contributed by atoms with E-state index in [1.165, 1.54) is 11.0 Å². The number of aryl methyl sites for hydroxylation is 1. The van der Waals surface area contributed by atoms with E-state index < -0.39 is 68.0 Å². The number of amides is 4. The minimum absolute atomic E-state index is 0.0317. The first-order valence-electron chi connectivity index (χ1n) is 19.4. The van der Waals surface area contributed by atoms with E-state index in [4.69, 9.17) is 4.74 Å². The first-order chi connectivity index (χ1) is 25.6. The third-order valence-electron chi connectivity index (χ3n) is 11.4. The molecule has 54 heavy (non-hydrogen) atoms. The number of para-hydroxylation sites is 2. The van der Waals surface area contributed by atoms with E-state index in [-0.39, 0.29) is 30.9 Å². The van der Waals surface area contributed by atoms with E-state index in [0.29, 0.717) is 43.3 Å². The molecule has 6 rings (SSSR count). The van der Waals surface area contributed by atoms with Gasteiger partial charge in [-0.05, 0) is 94.1 Å². The highest BCUT2D eigenvalue weighted by molar-refractivity contribution is 7.91. The van der Waals surface area contributed by atoms with Gasteiger partial charge in [0.25, 0.3) is 5.91 Å². The maximum absolute atomic E-state index is 14.1. The molecule has 1 unspecified atom stereocenters. The Morgan fingerprint density at radius 3 is 2.43 bits per heavy atom. The van der Waals surface area contributed by atoms with Crippen molar-refractivity contribution in [2.45, 2.75) is 133 Å². The van der Waals surface area contributed by atoms with Gasteiger partial charge in [0.15, 0.2) is 0 Å². The minimum atomic E-state index is -3.83. The molecule has 4 aliphatic rings. The monoisotopic (exact) mass is 766 g/mol. The highest BCUT2D eigenvalue weighted by Gasteiger charge is 2.61. The molecule has 2 heterocycles. The van der Waals surface area contributed by atoms with Crippen LogP contribution in [0.15, 0.2) is 36.9 Å². The van der Waals surface area contributed by atoms with Gasteiger partial charge < -0.3 is 25.4 Å². The minimum Gasteiger partial charge on any atom is -0.492 e. The number of hydrogen-bond donors (Lipinski definition) is 4. The molecule has 15 heteroatoms. The number of alkyl carbamates (subject to hydrolysis) is 1. The van der Waals surface area contributed by atoms with Crippen molar-refractivity contribution in [3.63, 3.8) is 0 Å². The van der Waals surface area contributed by atoms with Crippen LogP contribution in [0.3, 0.4) is 0 Å². The summed E-state index contributed by atoms with van der Waals surface area (Å²) in [6.45, 7) is 9.54. The SMILES string of the molecule is C=C[C@@H]1C[C@]1(NC(=O)[C@@H]1CCCN1C(=O)C(NC(=O)O[C@@H]1CCC[C@H]1CCCCCc1nc2ccccc2nc1O)C(C)(C)C)C(=O)NS(=O)(=O)C1CC1. The van der Waals surface area contributed by atoms with Gasteiger partial charge in [-0.15, -0.1) is 6.58 Å². The quantitative estimate of drug-likeness (QED) is 0.149. The summed E-state index contributed by atoms with van der Waals surface area (Å²) in [4.78, 5) is 64.7. The van der Waals surface area contributed by atoms with Crippen LogP contribution in [0.25, 0.3) is 11.0 Å². The summed E-state index contributed by atoms with van der Waals surface area (Å²) in [5, 5.41) is 15.3. The van der Waals surface area contributed by atoms with Crippen molar-refractivity contribution < 1.29 is 37.4 Å². The second-order valence-electron chi connectivity index (χ2n) is 16.5. The van der Waals surface area contributed by atoms with Crippen molar-refractivity contribution in [2.24, 2.45) is 17.3 Å². The first-order valence-corrected chi connectivity index (χ1v) is 20.9. The van der Waals surface area contributed by atoms with Crippen molar-refractivity contribution in [1.29, 1.82) is 0 Å². The van der Waals surface area contributed by atoms with E-state index >= 15 is 0 Å². The number of ether oxygens (including phenoxy) is 1. The third kappa shape index (κ3) is 8.82. The van der Waals surface area contributed by atoms with Gasteiger partial charge in [0.05, 0.1) is 16.3 Å². The molecule has 0 spiro atoms. The molecule has 1 aliphatic heterocycles. The summed E-state index contributed by atoms with van der Waals surface area (Å²) >= 11 is 0. The number of unbranched alkanes of at least 4 members (excludes halogenated alkanes) is 2. The molecular formula is C39H54N6O8S. The maximum Gasteiger partial charge on any atom is 0.408 e. The topological polar surface area (TPSA) is 197 Å². The molecule has 1 aromatic carbocycles. The fourth-order valence-corrected chi connectivity index (χ4v) is 9.35. The molecule has 6 atom stereocenters. The number of nitrogens with zero attached hydrogens (tertiary/aromatic N) is 3. The molecule has 4 N–H and O–H groups in total. The van der Waals surface area contributed by atoms with E-state index in [2.05, 4.69) is 31.9 Å². The van der Waals surface area contributed by atoms with E-state index in [1.54, 1.807) is 0 Å². The smallest absolute Gasteiger partial charge is 0.408 e. The Morgan fingerprint density at radius 2 is 1.76 bits per heavy atom. The van der Waals surface area contributed by atoms with Crippen LogP contribution in [0, 0.1) is 17.3 Å². The number of aromatic nitrogens is 2. The fraction of sp³-hybridized carbons (Fsp3) is 0.641. The first kappa shape index (κ1) is 39.4. The van der Waals surface area contributed by atoms with Crippen molar-refractivity contribution in [3.05, 3.63) is 42.6 Å². The number of sulfonamides is 1. The zero-order valence-corrected chi connectivity index (χ0v) is 32.3. The van der Waals surface area contributed by atoms with Crippen LogP contribution in [0.5, 0.6) is 5.88 Å². The molecule has 3 aliphatic carbocycles. The Labute approximate surface area is 317 Å². The Bertz CT molecular complexity index is 1880. The normalized spacial score (nSPS) is 25.9. The lowest BCUT2D eigenvalue weighted by Gasteiger charge is -2.36. The lowest BCUT2D eigenvalue weighted by Crippen LogP contribution is -2.60. The van der Waals surface area contributed by atoms with E-state index in [9.17, 15) is 32.7 Å².